The lowest BCUT2D eigenvalue weighted by Gasteiger charge is -2.44. The van der Waals surface area contributed by atoms with Crippen LogP contribution in [0.4, 0.5) is 26.3 Å². The van der Waals surface area contributed by atoms with Crippen molar-refractivity contribution in [3.63, 3.8) is 0 Å². The minimum atomic E-state index is -1.01. The third kappa shape index (κ3) is 11.6. The number of benzene rings is 3. The normalized spacial score (nSPS) is 21.8. The second-order valence-corrected chi connectivity index (χ2v) is 23.1. The number of aromatic hydroxyl groups is 3. The first kappa shape index (κ1) is 62.8. The van der Waals surface area contributed by atoms with Gasteiger partial charge in [-0.1, -0.05) is 18.2 Å². The third-order valence-corrected chi connectivity index (χ3v) is 17.2. The number of carbonyl (C=O) groups is 6. The number of pyridine rings is 3. The molecule has 3 aromatic carbocycles. The smallest absolute Gasteiger partial charge is 0.277 e. The Morgan fingerprint density at radius 2 is 1.03 bits per heavy atom. The number of nitrogens with one attached hydrogen (secondary N) is 3. The van der Waals surface area contributed by atoms with Crippen LogP contribution in [0.2, 0.25) is 0 Å². The SMILES string of the molecule is C[C@@H]1CCO[C@H]2Cn3cc(C(=O)NCc4ccc(F)cc4F)c(=O)c(O)c3C(=O)N12.C[C@H]1CO[C@]2(C)Cn3cc(C(=O)NCc4ccc(F)cc4F)c(=O)c(O)c3C(=O)N12.O=C(NCc1ccc(F)cc1F)c1cn2c(c(O)c1=O)C(=O)N1C[C@H]3CCCN3[C@@H]1C2. The maximum atomic E-state index is 13.8. The summed E-state index contributed by atoms with van der Waals surface area (Å²) in [5, 5.41) is 38.4. The van der Waals surface area contributed by atoms with Crippen molar-refractivity contribution in [1.29, 1.82) is 0 Å². The predicted octanol–water partition coefficient (Wildman–Crippen LogP) is 3.73. The van der Waals surface area contributed by atoms with Crippen molar-refractivity contribution < 1.29 is 79.9 Å². The number of aromatic nitrogens is 3. The van der Waals surface area contributed by atoms with Gasteiger partial charge in [0.15, 0.2) is 46.3 Å². The van der Waals surface area contributed by atoms with Gasteiger partial charge in [-0.3, -0.25) is 48.1 Å². The Hall–Kier alpha value is -9.81. The van der Waals surface area contributed by atoms with Crippen molar-refractivity contribution in [2.75, 3.05) is 26.3 Å². The summed E-state index contributed by atoms with van der Waals surface area (Å²) >= 11 is 0. The average molecular weight is 1270 g/mol. The van der Waals surface area contributed by atoms with Gasteiger partial charge in [0.25, 0.3) is 35.4 Å². The first-order valence-electron chi connectivity index (χ1n) is 28.8. The van der Waals surface area contributed by atoms with E-state index in [1.165, 1.54) is 60.3 Å². The molecular weight excluding hydrogens is 1210 g/mol. The summed E-state index contributed by atoms with van der Waals surface area (Å²) in [4.78, 5) is 121. The van der Waals surface area contributed by atoms with Crippen molar-refractivity contribution >= 4 is 35.4 Å². The van der Waals surface area contributed by atoms with E-state index < -0.39 is 127 Å². The van der Waals surface area contributed by atoms with Crippen LogP contribution in [-0.2, 0) is 48.7 Å². The quantitative estimate of drug-likeness (QED) is 0.113. The van der Waals surface area contributed by atoms with E-state index in [-0.39, 0.29) is 96.4 Å². The van der Waals surface area contributed by atoms with Crippen LogP contribution in [0.5, 0.6) is 17.2 Å². The standard InChI is InChI=1S/C21H20F2N4O4.2C20H19F2N3O5/c22-12-4-3-11(15(23)6-12)7-24-20(30)14-9-25-10-16-26-5-1-2-13(26)8-27(16)21(31)17(25)19(29)18(14)28;1-10-8-30-20(2)9-24-7-13(16(26)17(27)15(24)19(29)25(10)20)18(28)23-6-11-3-4-12(21)5-14(11)22;1-10-4-5-30-15-9-24-8-13(17(26)18(27)16(24)20(29)25(10)15)19(28)23-7-11-2-3-12(21)6-14(11)22/h3-4,6,9,13,16,29H,1-2,5,7-8,10H2,(H,24,30);3-5,7,10,27H,6,8-9H2,1-2H3,(H,23,28);2-3,6,8,10,15,27H,4-5,7,9H2,1H3,(H,23,28)/t13-,16+;10-,20+;10-,15+/m101/s1. The van der Waals surface area contributed by atoms with Crippen molar-refractivity contribution in [2.45, 2.75) is 116 Å². The molecule has 6 N–H and O–H groups in total. The molecule has 13 rings (SSSR count). The number of amides is 6. The Kier molecular flexibility index (Phi) is 16.9. The first-order chi connectivity index (χ1) is 43.2. The Balaban J connectivity index is 0.000000140. The van der Waals surface area contributed by atoms with Crippen LogP contribution in [0.15, 0.2) is 87.6 Å². The van der Waals surface area contributed by atoms with Gasteiger partial charge in [-0.25, -0.2) is 26.3 Å². The van der Waals surface area contributed by atoms with Gasteiger partial charge >= 0.3 is 0 Å². The molecule has 24 nitrogen and oxygen atoms in total. The molecule has 4 fully saturated rings. The van der Waals surface area contributed by atoms with Crippen LogP contribution in [0.25, 0.3) is 0 Å². The lowest BCUT2D eigenvalue weighted by molar-refractivity contribution is -0.112. The Bertz CT molecular complexity index is 4240. The van der Waals surface area contributed by atoms with E-state index in [2.05, 4.69) is 20.9 Å². The molecule has 7 aliphatic rings. The van der Waals surface area contributed by atoms with E-state index in [0.29, 0.717) is 50.9 Å². The lowest BCUT2D eigenvalue weighted by Crippen LogP contribution is -2.57. The monoisotopic (exact) mass is 1270 g/mol. The summed E-state index contributed by atoms with van der Waals surface area (Å²) in [5.41, 5.74) is -5.53. The molecule has 478 valence electrons. The fourth-order valence-electron chi connectivity index (χ4n) is 12.6. The number of ether oxygens (including phenoxy) is 2. The summed E-state index contributed by atoms with van der Waals surface area (Å²) in [7, 11) is 0. The lowest BCUT2D eigenvalue weighted by atomic mass is 10.1. The van der Waals surface area contributed by atoms with Gasteiger partial charge in [-0.15, -0.1) is 0 Å². The summed E-state index contributed by atoms with van der Waals surface area (Å²) in [6, 6.07) is 8.69. The van der Waals surface area contributed by atoms with E-state index in [9.17, 15) is 84.8 Å². The second-order valence-electron chi connectivity index (χ2n) is 23.1. The van der Waals surface area contributed by atoms with Gasteiger partial charge in [0.05, 0.1) is 38.9 Å². The average Bonchev–Trinajstić information content (AvgIpc) is 1.72. The highest BCUT2D eigenvalue weighted by molar-refractivity contribution is 6.01. The van der Waals surface area contributed by atoms with E-state index in [0.717, 1.165) is 37.6 Å². The second kappa shape index (κ2) is 24.5. The largest absolute Gasteiger partial charge is 0.503 e. The summed E-state index contributed by atoms with van der Waals surface area (Å²) in [5.74, 6) is -11.3. The maximum Gasteiger partial charge on any atom is 0.277 e. The highest BCUT2D eigenvalue weighted by Crippen LogP contribution is 2.38. The molecule has 91 heavy (non-hydrogen) atoms. The maximum absolute atomic E-state index is 13.8. The van der Waals surface area contributed by atoms with E-state index >= 15 is 0 Å². The molecule has 10 heterocycles. The van der Waals surface area contributed by atoms with Gasteiger partial charge in [0, 0.05) is 98.3 Å². The molecule has 30 heteroatoms. The zero-order chi connectivity index (χ0) is 65.2. The molecule has 7 aliphatic heterocycles. The van der Waals surface area contributed by atoms with Gasteiger partial charge < -0.3 is 69.1 Å². The molecule has 0 radical (unpaired) electrons. The van der Waals surface area contributed by atoms with Crippen molar-refractivity contribution in [1.82, 2.24) is 49.3 Å². The van der Waals surface area contributed by atoms with Crippen LogP contribution in [0, 0.1) is 34.9 Å². The molecular formula is C61H58F6N10O14. The number of fused-ring (bicyclic) bond motifs is 8. The number of hydrogen-bond acceptors (Lipinski definition) is 15. The Morgan fingerprint density at radius 1 is 0.582 bits per heavy atom. The fraction of sp³-hybridized carbons (Fsp3) is 0.361. The topological polar surface area (TPSA) is 297 Å². The number of halogens is 6. The van der Waals surface area contributed by atoms with E-state index in [1.807, 2.05) is 6.92 Å². The zero-order valence-electron chi connectivity index (χ0n) is 48.7. The van der Waals surface area contributed by atoms with Gasteiger partial charge in [0.1, 0.15) is 57.8 Å². The van der Waals surface area contributed by atoms with Crippen LogP contribution in [0.1, 0.15) is 119 Å². The molecule has 0 bridgehead atoms. The highest BCUT2D eigenvalue weighted by atomic mass is 19.2. The molecule has 6 amide bonds. The molecule has 6 atom stereocenters. The van der Waals surface area contributed by atoms with Gasteiger partial charge in [-0.2, -0.15) is 0 Å². The van der Waals surface area contributed by atoms with Crippen molar-refractivity contribution in [2.24, 2.45) is 0 Å². The molecule has 4 saturated heterocycles. The van der Waals surface area contributed by atoms with Gasteiger partial charge in [-0.05, 0) is 58.2 Å². The molecule has 6 aromatic rings. The Morgan fingerprint density at radius 3 is 1.52 bits per heavy atom. The molecule has 0 spiro atoms. The number of nitrogens with zero attached hydrogens (tertiary/aromatic N) is 7. The van der Waals surface area contributed by atoms with Crippen LogP contribution in [0.3, 0.4) is 0 Å². The Labute approximate surface area is 511 Å². The zero-order valence-corrected chi connectivity index (χ0v) is 48.7. The molecule has 0 aliphatic carbocycles. The van der Waals surface area contributed by atoms with E-state index in [4.69, 9.17) is 9.47 Å². The molecule has 0 saturated carbocycles. The predicted molar refractivity (Wildman–Crippen MR) is 304 cm³/mol. The number of carbonyl (C=O) groups excluding carboxylic acids is 6. The summed E-state index contributed by atoms with van der Waals surface area (Å²) in [6.45, 7) is 7.30. The highest BCUT2D eigenvalue weighted by Gasteiger charge is 2.52. The van der Waals surface area contributed by atoms with Gasteiger partial charge in [0.2, 0.25) is 16.3 Å². The third-order valence-electron chi connectivity index (χ3n) is 17.2. The number of rotatable bonds is 9. The first-order valence-corrected chi connectivity index (χ1v) is 28.8. The van der Waals surface area contributed by atoms with Crippen LogP contribution >= 0.6 is 0 Å². The molecule has 3 aromatic heterocycles. The summed E-state index contributed by atoms with van der Waals surface area (Å²) < 4.78 is 95.8. The van der Waals surface area contributed by atoms with Crippen LogP contribution in [-0.4, -0.2) is 147 Å². The summed E-state index contributed by atoms with van der Waals surface area (Å²) in [6.07, 6.45) is 5.57. The molecule has 0 unspecified atom stereocenters. The van der Waals surface area contributed by atoms with Crippen molar-refractivity contribution in [3.05, 3.63) is 189 Å². The minimum Gasteiger partial charge on any atom is -0.503 e. The van der Waals surface area contributed by atoms with Crippen molar-refractivity contribution in [3.8, 4) is 17.2 Å². The fourth-order valence-corrected chi connectivity index (χ4v) is 12.6. The minimum absolute atomic E-state index is 0.0266. The number of hydrogen-bond donors (Lipinski definition) is 6. The van der Waals surface area contributed by atoms with E-state index in [1.54, 1.807) is 18.7 Å². The van der Waals surface area contributed by atoms with Crippen LogP contribution < -0.4 is 32.2 Å².